The first-order valence-corrected chi connectivity index (χ1v) is 14.9. The van der Waals surface area contributed by atoms with Crippen molar-refractivity contribution in [1.82, 2.24) is 9.80 Å². The van der Waals surface area contributed by atoms with Crippen LogP contribution in [-0.4, -0.2) is 54.2 Å². The molecule has 0 unspecified atom stereocenters. The second-order valence-electron chi connectivity index (χ2n) is 10.9. The Hall–Kier alpha value is -3.26. The molecular formula is C32H38N4O2S. The summed E-state index contributed by atoms with van der Waals surface area (Å²) in [6.07, 6.45) is 5.86. The molecule has 0 atom stereocenters. The van der Waals surface area contributed by atoms with Gasteiger partial charge in [-0.05, 0) is 128 Å². The highest BCUT2D eigenvalue weighted by molar-refractivity contribution is 7.22. The van der Waals surface area contributed by atoms with Crippen LogP contribution in [-0.2, 0) is 13.0 Å². The predicted molar refractivity (Wildman–Crippen MR) is 163 cm³/mol. The molecule has 0 radical (unpaired) electrons. The van der Waals surface area contributed by atoms with Crippen molar-refractivity contribution in [2.45, 2.75) is 38.6 Å². The van der Waals surface area contributed by atoms with Crippen LogP contribution in [0.3, 0.4) is 0 Å². The fourth-order valence-corrected chi connectivity index (χ4v) is 7.19. The first-order valence-electron chi connectivity index (χ1n) is 14.1. The summed E-state index contributed by atoms with van der Waals surface area (Å²) in [5.74, 6) is 1.01. The van der Waals surface area contributed by atoms with Gasteiger partial charge in [-0.25, -0.2) is 0 Å². The maximum absolute atomic E-state index is 10.2. The van der Waals surface area contributed by atoms with Gasteiger partial charge >= 0.3 is 0 Å². The van der Waals surface area contributed by atoms with Gasteiger partial charge in [-0.2, -0.15) is 0 Å². The summed E-state index contributed by atoms with van der Waals surface area (Å²) in [6.45, 7) is 7.14. The van der Waals surface area contributed by atoms with Gasteiger partial charge in [-0.15, -0.1) is 11.3 Å². The van der Waals surface area contributed by atoms with Crippen molar-refractivity contribution in [3.8, 4) is 21.9 Å². The van der Waals surface area contributed by atoms with Crippen LogP contribution in [0.2, 0.25) is 0 Å². The molecule has 3 heterocycles. The van der Waals surface area contributed by atoms with Crippen molar-refractivity contribution in [2.24, 2.45) is 0 Å². The Morgan fingerprint density at radius 2 is 1.59 bits per heavy atom. The average molecular weight is 543 g/mol. The first-order chi connectivity index (χ1) is 19.0. The monoisotopic (exact) mass is 542 g/mol. The number of likely N-dealkylation sites (tertiary alicyclic amines) is 2. The maximum atomic E-state index is 10.2. The Balaban J connectivity index is 1.26. The summed E-state index contributed by atoms with van der Waals surface area (Å²) in [7, 11) is 0. The molecule has 3 aromatic carbocycles. The molecule has 2 aliphatic heterocycles. The zero-order valence-corrected chi connectivity index (χ0v) is 23.3. The van der Waals surface area contributed by atoms with E-state index in [0.717, 1.165) is 77.7 Å². The number of hydrogen-bond donors (Lipinski definition) is 3. The van der Waals surface area contributed by atoms with Crippen molar-refractivity contribution >= 4 is 32.8 Å². The molecule has 39 heavy (non-hydrogen) atoms. The van der Waals surface area contributed by atoms with Crippen LogP contribution in [0, 0.1) is 0 Å². The molecule has 2 saturated heterocycles. The quantitative estimate of drug-likeness (QED) is 0.222. The second kappa shape index (κ2) is 11.5. The number of phenols is 1. The molecule has 1 aromatic heterocycles. The number of aromatic hydroxyl groups is 1. The minimum atomic E-state index is 0.277. The SMILES string of the molecule is Nc1cc(Cc2c(-c3ccc(OCCN4CCCC4)c(N)c3)sc3cc(O)ccc23)ccc1CN1CCCC1. The van der Waals surface area contributed by atoms with Crippen molar-refractivity contribution in [1.29, 1.82) is 0 Å². The van der Waals surface area contributed by atoms with Gasteiger partial charge < -0.3 is 21.3 Å². The number of fused-ring (bicyclic) bond motifs is 1. The third-order valence-electron chi connectivity index (χ3n) is 8.10. The molecule has 204 valence electrons. The molecular weight excluding hydrogens is 504 g/mol. The average Bonchev–Trinajstić information content (AvgIpc) is 3.69. The number of nitrogens with zero attached hydrogens (tertiary/aromatic N) is 2. The first kappa shape index (κ1) is 26.0. The normalized spacial score (nSPS) is 16.4. The Bertz CT molecular complexity index is 1450. The summed E-state index contributed by atoms with van der Waals surface area (Å²) >= 11 is 1.69. The van der Waals surface area contributed by atoms with E-state index in [-0.39, 0.29) is 5.75 Å². The van der Waals surface area contributed by atoms with E-state index in [0.29, 0.717) is 12.3 Å². The topological polar surface area (TPSA) is 88.0 Å². The lowest BCUT2D eigenvalue weighted by Gasteiger charge is -2.17. The van der Waals surface area contributed by atoms with Gasteiger partial charge in [0.2, 0.25) is 0 Å². The van der Waals surface area contributed by atoms with E-state index >= 15 is 0 Å². The Labute approximate surface area is 234 Å². The zero-order chi connectivity index (χ0) is 26.8. The van der Waals surface area contributed by atoms with Crippen LogP contribution in [0.1, 0.15) is 42.4 Å². The molecule has 2 aliphatic rings. The van der Waals surface area contributed by atoms with E-state index in [9.17, 15) is 5.11 Å². The van der Waals surface area contributed by atoms with Crippen molar-refractivity contribution in [3.63, 3.8) is 0 Å². The van der Waals surface area contributed by atoms with Crippen LogP contribution < -0.4 is 16.2 Å². The summed E-state index contributed by atoms with van der Waals surface area (Å²) in [4.78, 5) is 6.08. The standard InChI is InChI=1S/C32H38N4O2S/c33-28-18-22(5-6-24(28)21-36-13-3-4-14-36)17-27-26-9-8-25(37)20-31(26)39-32(27)23-7-10-30(29(34)19-23)38-16-15-35-11-1-2-12-35/h5-10,18-20,37H,1-4,11-17,21,33-34H2. The predicted octanol–water partition coefficient (Wildman–Crippen LogP) is 6.10. The third kappa shape index (κ3) is 5.86. The van der Waals surface area contributed by atoms with Crippen LogP contribution >= 0.6 is 11.3 Å². The number of anilines is 2. The van der Waals surface area contributed by atoms with Gasteiger partial charge in [0.15, 0.2) is 0 Å². The third-order valence-corrected chi connectivity index (χ3v) is 9.34. The van der Waals surface area contributed by atoms with Crippen LogP contribution in [0.4, 0.5) is 11.4 Å². The molecule has 0 amide bonds. The number of phenolic OH excluding ortho intramolecular Hbond substituents is 1. The number of ether oxygens (including phenoxy) is 1. The number of hydrogen-bond acceptors (Lipinski definition) is 7. The Morgan fingerprint density at radius 1 is 0.821 bits per heavy atom. The van der Waals surface area contributed by atoms with E-state index in [2.05, 4.69) is 34.1 Å². The second-order valence-corrected chi connectivity index (χ2v) is 12.0. The summed E-state index contributed by atoms with van der Waals surface area (Å²) in [5, 5.41) is 11.3. The molecule has 6 nitrogen and oxygen atoms in total. The van der Waals surface area contributed by atoms with Crippen LogP contribution in [0.25, 0.3) is 20.5 Å². The Kier molecular flexibility index (Phi) is 7.64. The Morgan fingerprint density at radius 3 is 2.33 bits per heavy atom. The zero-order valence-electron chi connectivity index (χ0n) is 22.5. The van der Waals surface area contributed by atoms with Crippen molar-refractivity contribution in [2.75, 3.05) is 50.8 Å². The van der Waals surface area contributed by atoms with Crippen molar-refractivity contribution in [3.05, 3.63) is 71.3 Å². The van der Waals surface area contributed by atoms with Crippen LogP contribution in [0.5, 0.6) is 11.5 Å². The largest absolute Gasteiger partial charge is 0.508 e. The van der Waals surface area contributed by atoms with E-state index in [1.54, 1.807) is 17.4 Å². The van der Waals surface area contributed by atoms with Gasteiger partial charge in [0, 0.05) is 28.4 Å². The molecule has 2 fully saturated rings. The van der Waals surface area contributed by atoms with E-state index < -0.39 is 0 Å². The van der Waals surface area contributed by atoms with Gasteiger partial charge in [0.05, 0.1) is 5.69 Å². The minimum absolute atomic E-state index is 0.277. The summed E-state index contributed by atoms with van der Waals surface area (Å²) < 4.78 is 7.11. The molecule has 0 aliphatic carbocycles. The number of thiophene rings is 1. The highest BCUT2D eigenvalue weighted by atomic mass is 32.1. The summed E-state index contributed by atoms with van der Waals surface area (Å²) in [6, 6.07) is 18.3. The van der Waals surface area contributed by atoms with Gasteiger partial charge in [0.1, 0.15) is 18.1 Å². The highest BCUT2D eigenvalue weighted by Crippen LogP contribution is 2.42. The lowest BCUT2D eigenvalue weighted by atomic mass is 9.97. The minimum Gasteiger partial charge on any atom is -0.508 e. The van der Waals surface area contributed by atoms with Gasteiger partial charge in [-0.1, -0.05) is 12.1 Å². The lowest BCUT2D eigenvalue weighted by Crippen LogP contribution is -2.25. The molecule has 0 bridgehead atoms. The van der Waals surface area contributed by atoms with Gasteiger partial charge in [-0.3, -0.25) is 9.80 Å². The fraction of sp³-hybridized carbons (Fsp3) is 0.375. The number of nitrogens with two attached hydrogens (primary N) is 2. The molecule has 0 spiro atoms. The van der Waals surface area contributed by atoms with E-state index in [1.807, 2.05) is 24.3 Å². The highest BCUT2D eigenvalue weighted by Gasteiger charge is 2.18. The molecule has 4 aromatic rings. The van der Waals surface area contributed by atoms with Crippen LogP contribution in [0.15, 0.2) is 54.6 Å². The smallest absolute Gasteiger partial charge is 0.142 e. The molecule has 7 heteroatoms. The van der Waals surface area contributed by atoms with E-state index in [4.69, 9.17) is 16.2 Å². The summed E-state index contributed by atoms with van der Waals surface area (Å²) in [5.41, 5.74) is 19.2. The van der Waals surface area contributed by atoms with Crippen molar-refractivity contribution < 1.29 is 9.84 Å². The van der Waals surface area contributed by atoms with E-state index in [1.165, 1.54) is 42.4 Å². The molecule has 5 N–H and O–H groups in total. The number of nitrogen functional groups attached to an aromatic ring is 2. The number of rotatable bonds is 9. The van der Waals surface area contributed by atoms with Gasteiger partial charge in [0.25, 0.3) is 0 Å². The number of benzene rings is 3. The lowest BCUT2D eigenvalue weighted by molar-refractivity contribution is 0.238. The fourth-order valence-electron chi connectivity index (χ4n) is 5.94. The maximum Gasteiger partial charge on any atom is 0.142 e. The molecule has 0 saturated carbocycles. The molecule has 6 rings (SSSR count).